The van der Waals surface area contributed by atoms with E-state index in [0.29, 0.717) is 0 Å². The molecule has 1 aliphatic rings. The van der Waals surface area contributed by atoms with E-state index in [2.05, 4.69) is 22.1 Å². The summed E-state index contributed by atoms with van der Waals surface area (Å²) < 4.78 is 5.31. The van der Waals surface area contributed by atoms with Crippen molar-refractivity contribution in [3.63, 3.8) is 0 Å². The molecule has 2 aromatic heterocycles. The molecule has 0 aliphatic heterocycles. The summed E-state index contributed by atoms with van der Waals surface area (Å²) in [5.41, 5.74) is 4.78. The van der Waals surface area contributed by atoms with Crippen LogP contribution in [0.2, 0.25) is 0 Å². The molecule has 0 bridgehead atoms. The van der Waals surface area contributed by atoms with Gasteiger partial charge in [0.05, 0.1) is 24.1 Å². The van der Waals surface area contributed by atoms with E-state index in [1.165, 1.54) is 16.0 Å². The number of fused-ring (bicyclic) bond motifs is 3. The first kappa shape index (κ1) is 11.7. The number of thiazole rings is 1. The molecule has 0 spiro atoms. The summed E-state index contributed by atoms with van der Waals surface area (Å²) in [6.07, 6.45) is 5.35. The monoisotopic (exact) mass is 283 g/mol. The first-order valence-corrected chi connectivity index (χ1v) is 7.28. The molecular weight excluding hydrogens is 270 g/mol. The van der Waals surface area contributed by atoms with Gasteiger partial charge >= 0.3 is 0 Å². The molecule has 1 N–H and O–H groups in total. The molecule has 0 fully saturated rings. The Kier molecular flexibility index (Phi) is 2.60. The SMILES string of the molecule is COc1ccc2c(c1)-c1nc(Cc3cnc[nH]3)sc1C2. The van der Waals surface area contributed by atoms with Crippen LogP contribution in [-0.2, 0) is 12.8 Å². The van der Waals surface area contributed by atoms with Gasteiger partial charge < -0.3 is 9.72 Å². The van der Waals surface area contributed by atoms with Crippen LogP contribution in [-0.4, -0.2) is 22.1 Å². The van der Waals surface area contributed by atoms with Gasteiger partial charge in [0.15, 0.2) is 0 Å². The molecule has 0 atom stereocenters. The minimum Gasteiger partial charge on any atom is -0.497 e. The number of aromatic amines is 1. The van der Waals surface area contributed by atoms with Gasteiger partial charge in [0.25, 0.3) is 0 Å². The lowest BCUT2D eigenvalue weighted by atomic mass is 10.1. The third kappa shape index (κ3) is 1.82. The molecule has 4 nitrogen and oxygen atoms in total. The van der Waals surface area contributed by atoms with Crippen LogP contribution >= 0.6 is 11.3 Å². The molecule has 0 unspecified atom stereocenters. The number of benzene rings is 1. The molecule has 1 aliphatic carbocycles. The quantitative estimate of drug-likeness (QED) is 0.628. The highest BCUT2D eigenvalue weighted by Gasteiger charge is 2.23. The van der Waals surface area contributed by atoms with Crippen LogP contribution < -0.4 is 4.74 Å². The van der Waals surface area contributed by atoms with Gasteiger partial charge in [0, 0.05) is 35.2 Å². The minimum atomic E-state index is 0.816. The average Bonchev–Trinajstić information content (AvgIpc) is 3.14. The number of aromatic nitrogens is 3. The van der Waals surface area contributed by atoms with Gasteiger partial charge in [-0.3, -0.25) is 0 Å². The smallest absolute Gasteiger partial charge is 0.119 e. The largest absolute Gasteiger partial charge is 0.497 e. The van der Waals surface area contributed by atoms with Crippen LogP contribution in [0.5, 0.6) is 5.75 Å². The van der Waals surface area contributed by atoms with Crippen LogP contribution in [0.1, 0.15) is 21.1 Å². The van der Waals surface area contributed by atoms with Crippen molar-refractivity contribution in [3.05, 3.63) is 51.9 Å². The first-order chi connectivity index (χ1) is 9.83. The Morgan fingerprint density at radius 3 is 3.15 bits per heavy atom. The normalized spacial score (nSPS) is 12.2. The molecule has 0 saturated carbocycles. The lowest BCUT2D eigenvalue weighted by Crippen LogP contribution is -1.89. The van der Waals surface area contributed by atoms with E-state index in [1.807, 2.05) is 12.3 Å². The summed E-state index contributed by atoms with van der Waals surface area (Å²) in [6, 6.07) is 6.24. The van der Waals surface area contributed by atoms with Crippen molar-refractivity contribution < 1.29 is 4.74 Å². The van der Waals surface area contributed by atoms with Crippen molar-refractivity contribution in [2.45, 2.75) is 12.8 Å². The van der Waals surface area contributed by atoms with Crippen molar-refractivity contribution in [3.8, 4) is 17.0 Å². The first-order valence-electron chi connectivity index (χ1n) is 6.46. The van der Waals surface area contributed by atoms with E-state index >= 15 is 0 Å². The van der Waals surface area contributed by atoms with E-state index in [1.54, 1.807) is 24.8 Å². The van der Waals surface area contributed by atoms with Gasteiger partial charge in [-0.05, 0) is 17.7 Å². The second-order valence-electron chi connectivity index (χ2n) is 4.83. The van der Waals surface area contributed by atoms with Crippen LogP contribution in [0.4, 0.5) is 0 Å². The van der Waals surface area contributed by atoms with Crippen LogP contribution in [0.3, 0.4) is 0 Å². The molecule has 4 rings (SSSR count). The van der Waals surface area contributed by atoms with Crippen molar-refractivity contribution in [2.75, 3.05) is 7.11 Å². The van der Waals surface area contributed by atoms with E-state index in [9.17, 15) is 0 Å². The maximum atomic E-state index is 5.31. The van der Waals surface area contributed by atoms with Crippen LogP contribution in [0.15, 0.2) is 30.7 Å². The predicted octanol–water partition coefficient (Wildman–Crippen LogP) is 3.04. The van der Waals surface area contributed by atoms with E-state index in [-0.39, 0.29) is 0 Å². The van der Waals surface area contributed by atoms with Crippen molar-refractivity contribution >= 4 is 11.3 Å². The highest BCUT2D eigenvalue weighted by Crippen LogP contribution is 2.41. The maximum Gasteiger partial charge on any atom is 0.119 e. The lowest BCUT2D eigenvalue weighted by molar-refractivity contribution is 0.415. The van der Waals surface area contributed by atoms with Gasteiger partial charge in [-0.1, -0.05) is 6.07 Å². The molecular formula is C15H13N3OS. The molecule has 100 valence electrons. The molecule has 0 radical (unpaired) electrons. The number of nitrogens with zero attached hydrogens (tertiary/aromatic N) is 2. The third-order valence-corrected chi connectivity index (χ3v) is 4.62. The zero-order valence-electron chi connectivity index (χ0n) is 11.0. The summed E-state index contributed by atoms with van der Waals surface area (Å²) in [7, 11) is 1.70. The summed E-state index contributed by atoms with van der Waals surface area (Å²) in [5.74, 6) is 0.889. The van der Waals surface area contributed by atoms with Gasteiger partial charge in [-0.15, -0.1) is 11.3 Å². The summed E-state index contributed by atoms with van der Waals surface area (Å²) in [4.78, 5) is 13.3. The Labute approximate surface area is 120 Å². The highest BCUT2D eigenvalue weighted by molar-refractivity contribution is 7.12. The third-order valence-electron chi connectivity index (χ3n) is 3.56. The Bertz CT molecular complexity index is 762. The van der Waals surface area contributed by atoms with Crippen molar-refractivity contribution in [2.24, 2.45) is 0 Å². The molecule has 3 aromatic rings. The zero-order chi connectivity index (χ0) is 13.5. The van der Waals surface area contributed by atoms with Crippen LogP contribution in [0, 0.1) is 0 Å². The van der Waals surface area contributed by atoms with Gasteiger partial charge in [0.2, 0.25) is 0 Å². The van der Waals surface area contributed by atoms with E-state index in [4.69, 9.17) is 9.72 Å². The highest BCUT2D eigenvalue weighted by atomic mass is 32.1. The second kappa shape index (κ2) is 4.45. The molecule has 2 heterocycles. The Hall–Kier alpha value is -2.14. The maximum absolute atomic E-state index is 5.31. The number of H-pyrrole nitrogens is 1. The fourth-order valence-corrected chi connectivity index (χ4v) is 3.71. The number of imidazole rings is 1. The molecule has 5 heteroatoms. The number of rotatable bonds is 3. The Balaban J connectivity index is 1.71. The minimum absolute atomic E-state index is 0.816. The number of nitrogens with one attached hydrogen (secondary N) is 1. The Morgan fingerprint density at radius 2 is 2.35 bits per heavy atom. The number of ether oxygens (including phenoxy) is 1. The standard InChI is InChI=1S/C15H13N3OS/c1-19-11-3-2-9-4-13-15(12(9)6-11)18-14(20-13)5-10-7-16-8-17-10/h2-3,6-8H,4-5H2,1H3,(H,16,17). The predicted molar refractivity (Wildman–Crippen MR) is 78.3 cm³/mol. The van der Waals surface area contributed by atoms with Crippen LogP contribution in [0.25, 0.3) is 11.3 Å². The summed E-state index contributed by atoms with van der Waals surface area (Å²) >= 11 is 1.79. The topological polar surface area (TPSA) is 50.8 Å². The fraction of sp³-hybridized carbons (Fsp3) is 0.200. The number of hydrogen-bond donors (Lipinski definition) is 1. The fourth-order valence-electron chi connectivity index (χ4n) is 2.58. The lowest BCUT2D eigenvalue weighted by Gasteiger charge is -2.03. The van der Waals surface area contributed by atoms with Gasteiger partial charge in [0.1, 0.15) is 5.75 Å². The van der Waals surface area contributed by atoms with Gasteiger partial charge in [-0.2, -0.15) is 0 Å². The molecule has 1 aromatic carbocycles. The average molecular weight is 283 g/mol. The Morgan fingerprint density at radius 1 is 1.40 bits per heavy atom. The molecule has 0 amide bonds. The number of methoxy groups -OCH3 is 1. The summed E-state index contributed by atoms with van der Waals surface area (Å²) in [6.45, 7) is 0. The molecule has 20 heavy (non-hydrogen) atoms. The van der Waals surface area contributed by atoms with Gasteiger partial charge in [-0.25, -0.2) is 9.97 Å². The second-order valence-corrected chi connectivity index (χ2v) is 6.00. The van der Waals surface area contributed by atoms with E-state index < -0.39 is 0 Å². The zero-order valence-corrected chi connectivity index (χ0v) is 11.8. The van der Waals surface area contributed by atoms with Crippen molar-refractivity contribution in [1.82, 2.24) is 15.0 Å². The number of hydrogen-bond acceptors (Lipinski definition) is 4. The molecule has 0 saturated heterocycles. The van der Waals surface area contributed by atoms with Crippen molar-refractivity contribution in [1.29, 1.82) is 0 Å². The summed E-state index contributed by atoms with van der Waals surface area (Å²) in [5, 5.41) is 1.13. The van der Waals surface area contributed by atoms with E-state index in [0.717, 1.165) is 35.0 Å².